The zero-order valence-electron chi connectivity index (χ0n) is 6.90. The van der Waals surface area contributed by atoms with E-state index in [9.17, 15) is 4.79 Å². The van der Waals surface area contributed by atoms with Crippen LogP contribution in [-0.4, -0.2) is 16.3 Å². The van der Waals surface area contributed by atoms with Gasteiger partial charge in [0.05, 0.1) is 5.69 Å². The summed E-state index contributed by atoms with van der Waals surface area (Å²) in [7, 11) is 0. The molecule has 0 radical (unpaired) electrons. The smallest absolute Gasteiger partial charge is 0.166 e. The highest BCUT2D eigenvalue weighted by Crippen LogP contribution is 2.17. The predicted octanol–water partition coefficient (Wildman–Crippen LogP) is 1.89. The van der Waals surface area contributed by atoms with Gasteiger partial charge in [0.1, 0.15) is 0 Å². The van der Waals surface area contributed by atoms with Crippen molar-refractivity contribution in [1.82, 2.24) is 9.97 Å². The number of rotatable bonds is 2. The average Bonchev–Trinajstić information content (AvgIpc) is 2.67. The maximum absolute atomic E-state index is 10.4. The molecule has 0 bridgehead atoms. The van der Waals surface area contributed by atoms with Crippen LogP contribution in [0.5, 0.6) is 0 Å². The second-order valence-electron chi connectivity index (χ2n) is 2.70. The van der Waals surface area contributed by atoms with Crippen LogP contribution in [0.2, 0.25) is 0 Å². The number of hydrogen-bond donors (Lipinski definition) is 1. The number of aldehydes is 1. The number of pyridine rings is 1. The maximum Gasteiger partial charge on any atom is 0.166 e. The summed E-state index contributed by atoms with van der Waals surface area (Å²) in [5, 5.41) is 0. The molecule has 13 heavy (non-hydrogen) atoms. The van der Waals surface area contributed by atoms with Crippen LogP contribution in [0.25, 0.3) is 11.1 Å². The van der Waals surface area contributed by atoms with Crippen molar-refractivity contribution in [3.8, 4) is 11.1 Å². The summed E-state index contributed by atoms with van der Waals surface area (Å²) in [6.45, 7) is 0. The molecule has 0 aliphatic rings. The van der Waals surface area contributed by atoms with Crippen LogP contribution in [-0.2, 0) is 0 Å². The molecule has 1 N–H and O–H groups in total. The first-order valence-electron chi connectivity index (χ1n) is 3.94. The van der Waals surface area contributed by atoms with Crippen molar-refractivity contribution in [2.24, 2.45) is 0 Å². The summed E-state index contributed by atoms with van der Waals surface area (Å²) in [6.07, 6.45) is 6.05. The lowest BCUT2D eigenvalue weighted by molar-refractivity contribution is 0.111. The van der Waals surface area contributed by atoms with Crippen LogP contribution in [0.15, 0.2) is 36.8 Å². The fraction of sp³-hybridized carbons (Fsp3) is 0. The summed E-state index contributed by atoms with van der Waals surface area (Å²) in [5.74, 6) is 0. The molecule has 0 saturated carbocycles. The highest BCUT2D eigenvalue weighted by molar-refractivity contribution is 5.76. The zero-order chi connectivity index (χ0) is 9.10. The van der Waals surface area contributed by atoms with Crippen molar-refractivity contribution in [2.45, 2.75) is 0 Å². The Labute approximate surface area is 75.4 Å². The van der Waals surface area contributed by atoms with Gasteiger partial charge in [-0.3, -0.25) is 9.78 Å². The highest BCUT2D eigenvalue weighted by Gasteiger charge is 1.99. The number of nitrogens with zero attached hydrogens (tertiary/aromatic N) is 1. The van der Waals surface area contributed by atoms with Crippen molar-refractivity contribution in [3.05, 3.63) is 42.5 Å². The lowest BCUT2D eigenvalue weighted by Crippen LogP contribution is -1.74. The van der Waals surface area contributed by atoms with Gasteiger partial charge in [-0.25, -0.2) is 0 Å². The molecule has 0 aliphatic heterocycles. The molecule has 0 spiro atoms. The van der Waals surface area contributed by atoms with Gasteiger partial charge in [0, 0.05) is 18.6 Å². The van der Waals surface area contributed by atoms with Crippen molar-refractivity contribution in [2.75, 3.05) is 0 Å². The Bertz CT molecular complexity index is 406. The minimum atomic E-state index is 0.590. The van der Waals surface area contributed by atoms with E-state index in [1.165, 1.54) is 0 Å². The largest absolute Gasteiger partial charge is 0.358 e. The van der Waals surface area contributed by atoms with Gasteiger partial charge in [-0.1, -0.05) is 0 Å². The van der Waals surface area contributed by atoms with Crippen LogP contribution < -0.4 is 0 Å². The molecule has 0 unspecified atom stereocenters. The van der Waals surface area contributed by atoms with Crippen LogP contribution in [0, 0.1) is 0 Å². The molecule has 2 rings (SSSR count). The van der Waals surface area contributed by atoms with Gasteiger partial charge in [-0.2, -0.15) is 0 Å². The van der Waals surface area contributed by atoms with Gasteiger partial charge in [0.15, 0.2) is 6.29 Å². The van der Waals surface area contributed by atoms with E-state index in [-0.39, 0.29) is 0 Å². The van der Waals surface area contributed by atoms with Crippen molar-refractivity contribution in [1.29, 1.82) is 0 Å². The van der Waals surface area contributed by atoms with Gasteiger partial charge in [-0.15, -0.1) is 0 Å². The standard InChI is InChI=1S/C10H8N2O/c13-7-10-5-9(6-12-10)8-1-3-11-4-2-8/h1-7,12H. The lowest BCUT2D eigenvalue weighted by atomic mass is 10.1. The molecule has 0 aliphatic carbocycles. The molecule has 0 amide bonds. The van der Waals surface area contributed by atoms with E-state index in [0.29, 0.717) is 5.69 Å². The molecule has 2 aromatic rings. The van der Waals surface area contributed by atoms with Crippen LogP contribution >= 0.6 is 0 Å². The molecule has 3 nitrogen and oxygen atoms in total. The molecule has 0 aromatic carbocycles. The molecule has 2 heterocycles. The number of H-pyrrole nitrogens is 1. The number of aromatic amines is 1. The Morgan fingerprint density at radius 3 is 2.62 bits per heavy atom. The molecule has 0 atom stereocenters. The molecule has 64 valence electrons. The molecule has 0 fully saturated rings. The SMILES string of the molecule is O=Cc1cc(-c2ccncc2)c[nH]1. The van der Waals surface area contributed by atoms with E-state index in [1.54, 1.807) is 18.6 Å². The van der Waals surface area contributed by atoms with E-state index in [4.69, 9.17) is 0 Å². The zero-order valence-corrected chi connectivity index (χ0v) is 6.90. The van der Waals surface area contributed by atoms with E-state index >= 15 is 0 Å². The summed E-state index contributed by atoms with van der Waals surface area (Å²) in [5.41, 5.74) is 2.65. The first-order valence-corrected chi connectivity index (χ1v) is 3.94. The third-order valence-corrected chi connectivity index (χ3v) is 1.85. The number of hydrogen-bond acceptors (Lipinski definition) is 2. The third kappa shape index (κ3) is 1.49. The molecule has 3 heteroatoms. The van der Waals surface area contributed by atoms with Crippen LogP contribution in [0.4, 0.5) is 0 Å². The minimum absolute atomic E-state index is 0.590. The van der Waals surface area contributed by atoms with E-state index < -0.39 is 0 Å². The van der Waals surface area contributed by atoms with E-state index in [0.717, 1.165) is 17.4 Å². The van der Waals surface area contributed by atoms with Gasteiger partial charge in [0.25, 0.3) is 0 Å². The second-order valence-corrected chi connectivity index (χ2v) is 2.70. The Morgan fingerprint density at radius 2 is 2.00 bits per heavy atom. The Hall–Kier alpha value is -1.90. The lowest BCUT2D eigenvalue weighted by Gasteiger charge is -1.93. The van der Waals surface area contributed by atoms with Gasteiger partial charge in [0.2, 0.25) is 0 Å². The Balaban J connectivity index is 2.41. The normalized spacial score (nSPS) is 9.85. The van der Waals surface area contributed by atoms with Gasteiger partial charge >= 0.3 is 0 Å². The van der Waals surface area contributed by atoms with Crippen molar-refractivity contribution < 1.29 is 4.79 Å². The first kappa shape index (κ1) is 7.73. The van der Waals surface area contributed by atoms with E-state index in [2.05, 4.69) is 9.97 Å². The summed E-state index contributed by atoms with van der Waals surface area (Å²) < 4.78 is 0. The second kappa shape index (κ2) is 3.23. The van der Waals surface area contributed by atoms with Crippen LogP contribution in [0.3, 0.4) is 0 Å². The van der Waals surface area contributed by atoms with Gasteiger partial charge in [-0.05, 0) is 29.3 Å². The average molecular weight is 172 g/mol. The van der Waals surface area contributed by atoms with Gasteiger partial charge < -0.3 is 4.98 Å². The number of carbonyl (C=O) groups is 1. The molecule has 2 aromatic heterocycles. The van der Waals surface area contributed by atoms with Crippen molar-refractivity contribution in [3.63, 3.8) is 0 Å². The summed E-state index contributed by atoms with van der Waals surface area (Å²) >= 11 is 0. The molecular weight excluding hydrogens is 164 g/mol. The number of aromatic nitrogens is 2. The predicted molar refractivity (Wildman–Crippen MR) is 49.4 cm³/mol. The quantitative estimate of drug-likeness (QED) is 0.703. The fourth-order valence-corrected chi connectivity index (χ4v) is 1.19. The topological polar surface area (TPSA) is 45.8 Å². The van der Waals surface area contributed by atoms with E-state index in [1.807, 2.05) is 18.2 Å². The summed E-state index contributed by atoms with van der Waals surface area (Å²) in [6, 6.07) is 5.61. The number of nitrogens with one attached hydrogen (secondary N) is 1. The first-order chi connectivity index (χ1) is 6.40. The molecule has 0 saturated heterocycles. The summed E-state index contributed by atoms with van der Waals surface area (Å²) in [4.78, 5) is 17.2. The van der Waals surface area contributed by atoms with Crippen molar-refractivity contribution >= 4 is 6.29 Å². The fourth-order valence-electron chi connectivity index (χ4n) is 1.19. The monoisotopic (exact) mass is 172 g/mol. The van der Waals surface area contributed by atoms with Crippen LogP contribution in [0.1, 0.15) is 10.5 Å². The minimum Gasteiger partial charge on any atom is -0.358 e. The molecular formula is C10H8N2O. The number of carbonyl (C=O) groups excluding carboxylic acids is 1. The Morgan fingerprint density at radius 1 is 1.23 bits per heavy atom. The third-order valence-electron chi connectivity index (χ3n) is 1.85. The highest BCUT2D eigenvalue weighted by atomic mass is 16.1. The maximum atomic E-state index is 10.4. The Kier molecular flexibility index (Phi) is 1.92.